The molecule has 0 amide bonds. The molecule has 0 radical (unpaired) electrons. The molecule has 0 bridgehead atoms. The second-order valence-corrected chi connectivity index (χ2v) is 3.55. The lowest BCUT2D eigenvalue weighted by molar-refractivity contribution is -0.394. The van der Waals surface area contributed by atoms with E-state index in [2.05, 4.69) is 4.74 Å². The van der Waals surface area contributed by atoms with Crippen LogP contribution in [-0.4, -0.2) is 28.0 Å². The molecule has 0 saturated heterocycles. The van der Waals surface area contributed by atoms with E-state index in [4.69, 9.17) is 0 Å². The number of nitrogens with zero attached hydrogens (tertiary/aromatic N) is 2. The number of benzene rings is 1. The molecule has 0 aliphatic heterocycles. The minimum atomic E-state index is -1.46. The largest absolute Gasteiger partial charge is 0.469 e. The summed E-state index contributed by atoms with van der Waals surface area (Å²) in [6.45, 7) is 0. The molecular formula is C10H10N2O7. The summed E-state index contributed by atoms with van der Waals surface area (Å²) in [6.07, 6.45) is -1.94. The Morgan fingerprint density at radius 2 is 2.00 bits per heavy atom. The van der Waals surface area contributed by atoms with Crippen LogP contribution in [0.2, 0.25) is 0 Å². The van der Waals surface area contributed by atoms with Crippen LogP contribution in [0.25, 0.3) is 0 Å². The van der Waals surface area contributed by atoms with Gasteiger partial charge in [-0.2, -0.15) is 0 Å². The van der Waals surface area contributed by atoms with Crippen LogP contribution in [0, 0.1) is 20.2 Å². The summed E-state index contributed by atoms with van der Waals surface area (Å²) >= 11 is 0. The van der Waals surface area contributed by atoms with Gasteiger partial charge in [-0.05, 0) is 6.07 Å². The van der Waals surface area contributed by atoms with Crippen molar-refractivity contribution in [3.63, 3.8) is 0 Å². The molecule has 1 rings (SSSR count). The van der Waals surface area contributed by atoms with Crippen molar-refractivity contribution >= 4 is 17.3 Å². The number of hydrogen-bond donors (Lipinski definition) is 1. The Labute approximate surface area is 106 Å². The highest BCUT2D eigenvalue weighted by Crippen LogP contribution is 2.30. The number of carbonyl (C=O) groups excluding carboxylic acids is 1. The van der Waals surface area contributed by atoms with Crippen molar-refractivity contribution in [1.82, 2.24) is 0 Å². The lowest BCUT2D eigenvalue weighted by Crippen LogP contribution is -2.10. The molecule has 0 heterocycles. The Bertz CT molecular complexity index is 529. The molecule has 9 heteroatoms. The number of hydrogen-bond acceptors (Lipinski definition) is 7. The van der Waals surface area contributed by atoms with E-state index in [1.165, 1.54) is 0 Å². The lowest BCUT2D eigenvalue weighted by atomic mass is 10.0. The lowest BCUT2D eigenvalue weighted by Gasteiger charge is -2.09. The van der Waals surface area contributed by atoms with E-state index in [1.54, 1.807) is 0 Å². The van der Waals surface area contributed by atoms with Crippen LogP contribution in [0.1, 0.15) is 18.1 Å². The molecule has 0 unspecified atom stereocenters. The molecule has 0 fully saturated rings. The third-order valence-electron chi connectivity index (χ3n) is 2.37. The van der Waals surface area contributed by atoms with Crippen LogP contribution in [0.15, 0.2) is 18.2 Å². The fraction of sp³-hybridized carbons (Fsp3) is 0.300. The molecule has 0 aliphatic carbocycles. The number of rotatable bonds is 5. The van der Waals surface area contributed by atoms with Crippen molar-refractivity contribution in [2.24, 2.45) is 0 Å². The number of nitro groups is 2. The Morgan fingerprint density at radius 3 is 2.47 bits per heavy atom. The first-order chi connectivity index (χ1) is 8.86. The van der Waals surface area contributed by atoms with Gasteiger partial charge in [-0.25, -0.2) is 0 Å². The second-order valence-electron chi connectivity index (χ2n) is 3.55. The quantitative estimate of drug-likeness (QED) is 0.481. The summed E-state index contributed by atoms with van der Waals surface area (Å²) in [6, 6.07) is 2.79. The molecule has 19 heavy (non-hydrogen) atoms. The number of nitro benzene ring substituents is 2. The molecule has 1 atom stereocenters. The van der Waals surface area contributed by atoms with Gasteiger partial charge in [-0.15, -0.1) is 0 Å². The average molecular weight is 270 g/mol. The summed E-state index contributed by atoms with van der Waals surface area (Å²) in [7, 11) is 1.11. The van der Waals surface area contributed by atoms with Crippen molar-refractivity contribution in [2.45, 2.75) is 12.5 Å². The number of esters is 1. The van der Waals surface area contributed by atoms with Gasteiger partial charge in [0.15, 0.2) is 0 Å². The predicted octanol–water partition coefficient (Wildman–Crippen LogP) is 1.10. The molecule has 0 saturated carbocycles. The Hall–Kier alpha value is -2.55. The number of methoxy groups -OCH3 is 1. The van der Waals surface area contributed by atoms with Gasteiger partial charge in [0, 0.05) is 6.07 Å². The molecule has 1 N–H and O–H groups in total. The van der Waals surface area contributed by atoms with Crippen LogP contribution < -0.4 is 0 Å². The summed E-state index contributed by atoms with van der Waals surface area (Å²) < 4.78 is 4.33. The zero-order valence-electron chi connectivity index (χ0n) is 9.81. The Kier molecular flexibility index (Phi) is 4.48. The molecule has 0 aliphatic rings. The average Bonchev–Trinajstić information content (AvgIpc) is 2.37. The smallest absolute Gasteiger partial charge is 0.308 e. The summed E-state index contributed by atoms with van der Waals surface area (Å²) in [5.41, 5.74) is -1.27. The van der Waals surface area contributed by atoms with E-state index in [0.29, 0.717) is 0 Å². The van der Waals surface area contributed by atoms with Gasteiger partial charge in [0.1, 0.15) is 0 Å². The first-order valence-corrected chi connectivity index (χ1v) is 5.04. The first kappa shape index (κ1) is 14.5. The SMILES string of the molecule is COC(=O)C[C@H](O)c1ccc([N+](=O)[O-])cc1[N+](=O)[O-]. The van der Waals surface area contributed by atoms with Gasteiger partial charge in [-0.1, -0.05) is 0 Å². The minimum Gasteiger partial charge on any atom is -0.469 e. The monoisotopic (exact) mass is 270 g/mol. The van der Waals surface area contributed by atoms with Gasteiger partial charge in [0.25, 0.3) is 11.4 Å². The van der Waals surface area contributed by atoms with Crippen LogP contribution in [0.4, 0.5) is 11.4 Å². The van der Waals surface area contributed by atoms with E-state index in [1.807, 2.05) is 0 Å². The van der Waals surface area contributed by atoms with Gasteiger partial charge in [-0.3, -0.25) is 25.0 Å². The molecule has 1 aromatic carbocycles. The molecular weight excluding hydrogens is 260 g/mol. The molecule has 1 aromatic rings. The van der Waals surface area contributed by atoms with E-state index >= 15 is 0 Å². The number of aliphatic hydroxyl groups is 1. The number of non-ortho nitro benzene ring substituents is 1. The third kappa shape index (κ3) is 3.45. The van der Waals surface area contributed by atoms with E-state index in [9.17, 15) is 30.1 Å². The Balaban J connectivity index is 3.16. The highest BCUT2D eigenvalue weighted by atomic mass is 16.6. The van der Waals surface area contributed by atoms with Crippen LogP contribution in [-0.2, 0) is 9.53 Å². The standard InChI is InChI=1S/C10H10N2O7/c1-19-10(14)5-9(13)7-3-2-6(11(15)16)4-8(7)12(17)18/h2-4,9,13H,5H2,1H3/t9-/m0/s1. The molecule has 102 valence electrons. The molecule has 0 spiro atoms. The fourth-order valence-corrected chi connectivity index (χ4v) is 1.44. The Morgan fingerprint density at radius 1 is 1.37 bits per heavy atom. The summed E-state index contributed by atoms with van der Waals surface area (Å²) in [5, 5.41) is 31.0. The third-order valence-corrected chi connectivity index (χ3v) is 2.37. The minimum absolute atomic E-state index is 0.180. The number of carbonyl (C=O) groups is 1. The summed E-state index contributed by atoms with van der Waals surface area (Å²) in [5.74, 6) is -0.750. The maximum atomic E-state index is 11.0. The van der Waals surface area contributed by atoms with E-state index < -0.39 is 39.7 Å². The normalized spacial score (nSPS) is 11.7. The van der Waals surface area contributed by atoms with Gasteiger partial charge in [0.05, 0.1) is 41.1 Å². The highest BCUT2D eigenvalue weighted by molar-refractivity contribution is 5.70. The van der Waals surface area contributed by atoms with Crippen molar-refractivity contribution < 1.29 is 24.5 Å². The maximum Gasteiger partial charge on any atom is 0.308 e. The van der Waals surface area contributed by atoms with Crippen molar-refractivity contribution in [3.05, 3.63) is 44.0 Å². The summed E-state index contributed by atoms with van der Waals surface area (Å²) in [4.78, 5) is 30.7. The zero-order chi connectivity index (χ0) is 14.6. The molecule has 9 nitrogen and oxygen atoms in total. The van der Waals surface area contributed by atoms with Gasteiger partial charge in [0.2, 0.25) is 0 Å². The van der Waals surface area contributed by atoms with Crippen molar-refractivity contribution in [1.29, 1.82) is 0 Å². The molecule has 0 aromatic heterocycles. The fourth-order valence-electron chi connectivity index (χ4n) is 1.44. The maximum absolute atomic E-state index is 11.0. The number of aliphatic hydroxyl groups excluding tert-OH is 1. The van der Waals surface area contributed by atoms with Crippen LogP contribution in [0.5, 0.6) is 0 Å². The van der Waals surface area contributed by atoms with Gasteiger partial charge < -0.3 is 9.84 Å². The predicted molar refractivity (Wildman–Crippen MR) is 61.3 cm³/mol. The van der Waals surface area contributed by atoms with Crippen molar-refractivity contribution in [2.75, 3.05) is 7.11 Å². The zero-order valence-corrected chi connectivity index (χ0v) is 9.81. The van der Waals surface area contributed by atoms with Crippen LogP contribution in [0.3, 0.4) is 0 Å². The second kappa shape index (κ2) is 5.87. The van der Waals surface area contributed by atoms with Crippen molar-refractivity contribution in [3.8, 4) is 0 Å². The highest BCUT2D eigenvalue weighted by Gasteiger charge is 2.25. The van der Waals surface area contributed by atoms with E-state index in [0.717, 1.165) is 25.3 Å². The number of ether oxygens (including phenoxy) is 1. The first-order valence-electron chi connectivity index (χ1n) is 5.04. The van der Waals surface area contributed by atoms with Crippen LogP contribution >= 0.6 is 0 Å². The topological polar surface area (TPSA) is 133 Å². The van der Waals surface area contributed by atoms with Gasteiger partial charge >= 0.3 is 5.97 Å². The van der Waals surface area contributed by atoms with E-state index in [-0.39, 0.29) is 5.56 Å².